The van der Waals surface area contributed by atoms with E-state index in [9.17, 15) is 0 Å². The summed E-state index contributed by atoms with van der Waals surface area (Å²) in [6.45, 7) is 0. The first kappa shape index (κ1) is 23.0. The third kappa shape index (κ3) is 3.58. The molecule has 1 N–H and O–H groups in total. The van der Waals surface area contributed by atoms with Crippen LogP contribution < -0.4 is 4.74 Å². The molecule has 0 amide bonds. The molecule has 0 bridgehead atoms. The Bertz CT molecular complexity index is 2100. The number of ether oxygens (including phenoxy) is 1. The summed E-state index contributed by atoms with van der Waals surface area (Å²) in [5.74, 6) is 1.17. The minimum absolute atomic E-state index is 0. The number of benzene rings is 4. The van der Waals surface area contributed by atoms with Crippen LogP contribution in [0.2, 0.25) is 0 Å². The number of hydrogen-bond acceptors (Lipinski definition) is 4. The molecule has 4 aromatic heterocycles. The Kier molecular flexibility index (Phi) is 5.42. The minimum Gasteiger partial charge on any atom is -0.509 e. The standard InChI is InChI=1S/C30H17N5OS.Pt/c1-3-13-26-23(11-1)25-17-31-35(30(25)33-26)20-8-6-10-22(16-20)36-21-9-5-7-19(15-21)34-29-24-12-2-4-14-27(24)37-28(29)18-32-34;/h1-14,17-18,33H;/q-2;+2. The molecule has 6 nitrogen and oxygen atoms in total. The van der Waals surface area contributed by atoms with Gasteiger partial charge in [0.2, 0.25) is 0 Å². The summed E-state index contributed by atoms with van der Waals surface area (Å²) in [6.07, 6.45) is 3.79. The number of rotatable bonds is 4. The number of hydrogen-bond donors (Lipinski definition) is 1. The van der Waals surface area contributed by atoms with Gasteiger partial charge >= 0.3 is 21.1 Å². The molecule has 0 aliphatic heterocycles. The fraction of sp³-hybridized carbons (Fsp3) is 0. The quantitative estimate of drug-likeness (QED) is 0.195. The van der Waals surface area contributed by atoms with E-state index in [0.717, 1.165) is 43.5 Å². The van der Waals surface area contributed by atoms with E-state index >= 15 is 0 Å². The van der Waals surface area contributed by atoms with Gasteiger partial charge in [0.25, 0.3) is 0 Å². The van der Waals surface area contributed by atoms with Crippen molar-refractivity contribution in [2.75, 3.05) is 0 Å². The van der Waals surface area contributed by atoms with E-state index in [0.29, 0.717) is 11.5 Å². The van der Waals surface area contributed by atoms with E-state index in [1.165, 1.54) is 10.1 Å². The molecule has 0 aliphatic rings. The number of thiophene rings is 1. The Hall–Kier alpha value is -4.19. The Morgan fingerprint density at radius 3 is 2.16 bits per heavy atom. The summed E-state index contributed by atoms with van der Waals surface area (Å²) >= 11 is 1.74. The van der Waals surface area contributed by atoms with Crippen LogP contribution in [0.5, 0.6) is 11.5 Å². The smallest absolute Gasteiger partial charge is 0.509 e. The maximum Gasteiger partial charge on any atom is 2.00 e. The van der Waals surface area contributed by atoms with Gasteiger partial charge < -0.3 is 9.72 Å². The van der Waals surface area contributed by atoms with Gasteiger partial charge in [0.05, 0.1) is 22.6 Å². The van der Waals surface area contributed by atoms with Crippen LogP contribution in [0.1, 0.15) is 0 Å². The molecule has 0 atom stereocenters. The molecule has 38 heavy (non-hydrogen) atoms. The van der Waals surface area contributed by atoms with Gasteiger partial charge in [-0.05, 0) is 23.5 Å². The molecule has 0 fully saturated rings. The SMILES string of the molecule is [Pt+2].[c-]1c(Oc2[c-]c(-n3ncc4sc5ccccc5c43)ccc2)cccc1-n1ncc2c3ccccc3[nH]c21. The van der Waals surface area contributed by atoms with Gasteiger partial charge in [-0.3, -0.25) is 4.68 Å². The van der Waals surface area contributed by atoms with Crippen molar-refractivity contribution >= 4 is 53.6 Å². The van der Waals surface area contributed by atoms with E-state index in [2.05, 4.69) is 63.7 Å². The third-order valence-corrected chi connectivity index (χ3v) is 7.61. The summed E-state index contributed by atoms with van der Waals surface area (Å²) in [6, 6.07) is 35.0. The van der Waals surface area contributed by atoms with Crippen LogP contribution in [0.15, 0.2) is 97.3 Å². The van der Waals surface area contributed by atoms with Crippen LogP contribution in [-0.2, 0) is 21.1 Å². The average Bonchev–Trinajstić information content (AvgIpc) is 3.69. The topological polar surface area (TPSA) is 60.7 Å². The van der Waals surface area contributed by atoms with Gasteiger partial charge in [-0.1, -0.05) is 36.4 Å². The van der Waals surface area contributed by atoms with Crippen molar-refractivity contribution in [1.82, 2.24) is 24.5 Å². The Morgan fingerprint density at radius 1 is 0.658 bits per heavy atom. The Balaban J connectivity index is 0.00000242. The van der Waals surface area contributed by atoms with Gasteiger partial charge in [0.15, 0.2) is 0 Å². The number of aromatic nitrogens is 5. The zero-order chi connectivity index (χ0) is 24.3. The zero-order valence-electron chi connectivity index (χ0n) is 19.7. The first-order valence-electron chi connectivity index (χ1n) is 11.8. The summed E-state index contributed by atoms with van der Waals surface area (Å²) in [4.78, 5) is 3.47. The van der Waals surface area contributed by atoms with E-state index in [-0.39, 0.29) is 21.1 Å². The maximum atomic E-state index is 6.21. The second-order valence-electron chi connectivity index (χ2n) is 8.76. The monoisotopic (exact) mass is 690 g/mol. The third-order valence-electron chi connectivity index (χ3n) is 6.52. The predicted molar refractivity (Wildman–Crippen MR) is 147 cm³/mol. The molecular weight excluding hydrogens is 674 g/mol. The molecule has 0 saturated heterocycles. The normalized spacial score (nSPS) is 11.5. The Morgan fingerprint density at radius 2 is 1.34 bits per heavy atom. The second-order valence-corrected chi connectivity index (χ2v) is 9.84. The molecule has 0 radical (unpaired) electrons. The van der Waals surface area contributed by atoms with E-state index in [1.807, 2.05) is 70.3 Å². The zero-order valence-corrected chi connectivity index (χ0v) is 22.7. The largest absolute Gasteiger partial charge is 2.00 e. The fourth-order valence-corrected chi connectivity index (χ4v) is 5.92. The number of nitrogens with zero attached hydrogens (tertiary/aromatic N) is 4. The van der Waals surface area contributed by atoms with Gasteiger partial charge in [0, 0.05) is 37.9 Å². The molecule has 184 valence electrons. The van der Waals surface area contributed by atoms with E-state index in [4.69, 9.17) is 4.74 Å². The molecule has 0 unspecified atom stereocenters. The van der Waals surface area contributed by atoms with Gasteiger partial charge in [-0.15, -0.1) is 47.7 Å². The van der Waals surface area contributed by atoms with Crippen molar-refractivity contribution < 1.29 is 25.8 Å². The molecule has 0 saturated carbocycles. The van der Waals surface area contributed by atoms with Crippen LogP contribution in [0.25, 0.3) is 53.6 Å². The Labute approximate surface area is 235 Å². The fourth-order valence-electron chi connectivity index (χ4n) is 4.87. The maximum absolute atomic E-state index is 6.21. The molecule has 4 aromatic carbocycles. The van der Waals surface area contributed by atoms with Crippen LogP contribution in [0.4, 0.5) is 0 Å². The number of fused-ring (bicyclic) bond motifs is 6. The molecule has 4 heterocycles. The number of aromatic amines is 1. The second kappa shape index (κ2) is 8.98. The summed E-state index contributed by atoms with van der Waals surface area (Å²) in [7, 11) is 0. The summed E-state index contributed by atoms with van der Waals surface area (Å²) in [5, 5.41) is 12.6. The average molecular weight is 691 g/mol. The van der Waals surface area contributed by atoms with Gasteiger partial charge in [-0.25, -0.2) is 4.68 Å². The first-order chi connectivity index (χ1) is 18.3. The van der Waals surface area contributed by atoms with Crippen molar-refractivity contribution in [2.45, 2.75) is 0 Å². The number of nitrogens with one attached hydrogen (secondary N) is 1. The summed E-state index contributed by atoms with van der Waals surface area (Å²) in [5.41, 5.74) is 4.69. The van der Waals surface area contributed by atoms with Crippen molar-refractivity contribution in [1.29, 1.82) is 0 Å². The minimum atomic E-state index is 0. The van der Waals surface area contributed by atoms with Crippen molar-refractivity contribution in [2.24, 2.45) is 0 Å². The van der Waals surface area contributed by atoms with E-state index in [1.54, 1.807) is 11.3 Å². The number of para-hydroxylation sites is 1. The van der Waals surface area contributed by atoms with Crippen molar-refractivity contribution in [3.05, 3.63) is 109 Å². The molecule has 0 aliphatic carbocycles. The molecule has 8 aromatic rings. The van der Waals surface area contributed by atoms with Gasteiger partial charge in [0.1, 0.15) is 5.65 Å². The number of H-pyrrole nitrogens is 1. The molecule has 8 heteroatoms. The predicted octanol–water partition coefficient (Wildman–Crippen LogP) is 7.45. The van der Waals surface area contributed by atoms with Crippen LogP contribution >= 0.6 is 11.3 Å². The van der Waals surface area contributed by atoms with Crippen molar-refractivity contribution in [3.8, 4) is 22.9 Å². The van der Waals surface area contributed by atoms with Crippen LogP contribution in [0, 0.1) is 12.1 Å². The van der Waals surface area contributed by atoms with Crippen LogP contribution in [0.3, 0.4) is 0 Å². The van der Waals surface area contributed by atoms with E-state index < -0.39 is 0 Å². The molecule has 8 rings (SSSR count). The summed E-state index contributed by atoms with van der Waals surface area (Å²) < 4.78 is 12.4. The van der Waals surface area contributed by atoms with Crippen LogP contribution in [-0.4, -0.2) is 24.5 Å². The molecule has 0 spiro atoms. The first-order valence-corrected chi connectivity index (χ1v) is 12.7. The van der Waals surface area contributed by atoms with Gasteiger partial charge in [-0.2, -0.15) is 22.3 Å². The van der Waals surface area contributed by atoms with Crippen molar-refractivity contribution in [3.63, 3.8) is 0 Å². The molecular formula is C30H17N5OPtS.